The smallest absolute Gasteiger partial charge is 0.255 e. The number of benzene rings is 2. The van der Waals surface area contributed by atoms with Crippen LogP contribution < -0.4 is 5.32 Å². The number of carbonyl (C=O) groups excluding carboxylic acids is 1. The van der Waals surface area contributed by atoms with Gasteiger partial charge in [-0.3, -0.25) is 4.79 Å². The van der Waals surface area contributed by atoms with Crippen LogP contribution in [0.3, 0.4) is 0 Å². The summed E-state index contributed by atoms with van der Waals surface area (Å²) in [7, 11) is -3.95. The average molecular weight is 520 g/mol. The molecular weight excluding hydrogens is 499 g/mol. The molecule has 3 rings (SSSR count). The summed E-state index contributed by atoms with van der Waals surface area (Å²) in [5.41, 5.74) is 0.450. The van der Waals surface area contributed by atoms with Gasteiger partial charge in [-0.1, -0.05) is 18.5 Å². The normalized spacial score (nSPS) is 20.2. The van der Waals surface area contributed by atoms with Gasteiger partial charge in [0.05, 0.1) is 15.6 Å². The summed E-state index contributed by atoms with van der Waals surface area (Å²) in [5.74, 6) is -1.18. The Morgan fingerprint density at radius 1 is 1.33 bits per heavy atom. The predicted octanol–water partition coefficient (Wildman–Crippen LogP) is 4.28. The first kappa shape index (κ1) is 23.1. The summed E-state index contributed by atoms with van der Waals surface area (Å²) in [4.78, 5) is 12.5. The maximum Gasteiger partial charge on any atom is 0.255 e. The fourth-order valence-corrected chi connectivity index (χ4v) is 5.76. The lowest BCUT2D eigenvalue weighted by molar-refractivity contribution is 0.0521. The van der Waals surface area contributed by atoms with Crippen molar-refractivity contribution in [2.45, 2.75) is 30.8 Å². The second kappa shape index (κ2) is 9.32. The SMILES string of the molecule is CCC1CN(S(=O)(=O)c2cc(C(=O)Nc3ccc(F)c(Br)c3)ccc2Cl)CCC1O. The van der Waals surface area contributed by atoms with Crippen LogP contribution in [0.15, 0.2) is 45.8 Å². The molecule has 6 nitrogen and oxygen atoms in total. The molecule has 0 bridgehead atoms. The van der Waals surface area contributed by atoms with Crippen LogP contribution in [0.5, 0.6) is 0 Å². The van der Waals surface area contributed by atoms with E-state index in [0.717, 1.165) is 0 Å². The lowest BCUT2D eigenvalue weighted by Gasteiger charge is -2.35. The Morgan fingerprint density at radius 2 is 2.07 bits per heavy atom. The van der Waals surface area contributed by atoms with E-state index in [1.165, 1.54) is 40.7 Å². The van der Waals surface area contributed by atoms with Gasteiger partial charge in [0.1, 0.15) is 10.7 Å². The van der Waals surface area contributed by atoms with Crippen molar-refractivity contribution in [2.75, 3.05) is 18.4 Å². The van der Waals surface area contributed by atoms with Gasteiger partial charge in [0, 0.05) is 24.3 Å². The van der Waals surface area contributed by atoms with Crippen molar-refractivity contribution in [2.24, 2.45) is 5.92 Å². The van der Waals surface area contributed by atoms with Crippen LogP contribution >= 0.6 is 27.5 Å². The fraction of sp³-hybridized carbons (Fsp3) is 0.350. The molecule has 2 N–H and O–H groups in total. The molecule has 2 unspecified atom stereocenters. The molecule has 2 aromatic carbocycles. The Morgan fingerprint density at radius 3 is 2.73 bits per heavy atom. The summed E-state index contributed by atoms with van der Waals surface area (Å²) in [5, 5.41) is 12.7. The molecule has 2 atom stereocenters. The minimum absolute atomic E-state index is 0.00949. The number of hydrogen-bond acceptors (Lipinski definition) is 4. The number of anilines is 1. The first-order chi connectivity index (χ1) is 14.1. The summed E-state index contributed by atoms with van der Waals surface area (Å²) in [6, 6.07) is 8.02. The van der Waals surface area contributed by atoms with Gasteiger partial charge in [-0.25, -0.2) is 12.8 Å². The van der Waals surface area contributed by atoms with Crippen molar-refractivity contribution in [3.05, 3.63) is 57.3 Å². The maximum absolute atomic E-state index is 13.4. The Bertz CT molecular complexity index is 1070. The molecule has 0 spiro atoms. The van der Waals surface area contributed by atoms with Crippen molar-refractivity contribution in [3.8, 4) is 0 Å². The van der Waals surface area contributed by atoms with Crippen molar-refractivity contribution < 1.29 is 22.7 Å². The molecule has 1 amide bonds. The molecule has 0 saturated carbocycles. The number of aliphatic hydroxyl groups excluding tert-OH is 1. The van der Waals surface area contributed by atoms with Crippen LogP contribution in [0.1, 0.15) is 30.1 Å². The van der Waals surface area contributed by atoms with Gasteiger partial charge in [-0.05, 0) is 71.1 Å². The number of nitrogens with one attached hydrogen (secondary N) is 1. The van der Waals surface area contributed by atoms with Crippen LogP contribution in [0.25, 0.3) is 0 Å². The number of sulfonamides is 1. The number of aliphatic hydroxyl groups is 1. The third-order valence-corrected chi connectivity index (χ3v) is 8.12. The Kier molecular flexibility index (Phi) is 7.19. The number of halogens is 3. The molecule has 30 heavy (non-hydrogen) atoms. The Balaban J connectivity index is 1.87. The molecule has 0 aliphatic carbocycles. The molecule has 1 heterocycles. The van der Waals surface area contributed by atoms with E-state index in [9.17, 15) is 22.7 Å². The number of nitrogens with zero attached hydrogens (tertiary/aromatic N) is 1. The van der Waals surface area contributed by atoms with Gasteiger partial charge in [-0.15, -0.1) is 0 Å². The largest absolute Gasteiger partial charge is 0.393 e. The zero-order valence-electron chi connectivity index (χ0n) is 16.1. The first-order valence-corrected chi connectivity index (χ1v) is 12.0. The van der Waals surface area contributed by atoms with E-state index in [4.69, 9.17) is 11.6 Å². The second-order valence-corrected chi connectivity index (χ2v) is 10.3. The van der Waals surface area contributed by atoms with Gasteiger partial charge < -0.3 is 10.4 Å². The van der Waals surface area contributed by atoms with E-state index >= 15 is 0 Å². The molecule has 162 valence electrons. The van der Waals surface area contributed by atoms with Crippen molar-refractivity contribution in [3.63, 3.8) is 0 Å². The van der Waals surface area contributed by atoms with Gasteiger partial charge in [0.25, 0.3) is 5.91 Å². The maximum atomic E-state index is 13.4. The zero-order chi connectivity index (χ0) is 22.1. The van der Waals surface area contributed by atoms with E-state index < -0.39 is 27.9 Å². The number of hydrogen-bond donors (Lipinski definition) is 2. The molecule has 1 fully saturated rings. The topological polar surface area (TPSA) is 86.7 Å². The molecule has 10 heteroatoms. The minimum Gasteiger partial charge on any atom is -0.393 e. The quantitative estimate of drug-likeness (QED) is 0.617. The van der Waals surface area contributed by atoms with Crippen molar-refractivity contribution in [1.29, 1.82) is 0 Å². The highest BCUT2D eigenvalue weighted by Gasteiger charge is 2.35. The average Bonchev–Trinajstić information content (AvgIpc) is 2.71. The summed E-state index contributed by atoms with van der Waals surface area (Å²) in [6.07, 6.45) is 0.454. The highest BCUT2D eigenvalue weighted by molar-refractivity contribution is 9.10. The van der Waals surface area contributed by atoms with Crippen LogP contribution in [-0.4, -0.2) is 42.9 Å². The monoisotopic (exact) mass is 518 g/mol. The highest BCUT2D eigenvalue weighted by Crippen LogP contribution is 2.30. The molecule has 0 radical (unpaired) electrons. The second-order valence-electron chi connectivity index (χ2n) is 7.12. The Hall–Kier alpha value is -1.52. The van der Waals surface area contributed by atoms with E-state index in [1.54, 1.807) is 0 Å². The fourth-order valence-electron chi connectivity index (χ4n) is 3.36. The highest BCUT2D eigenvalue weighted by atomic mass is 79.9. The molecule has 0 aromatic heterocycles. The summed E-state index contributed by atoms with van der Waals surface area (Å²) < 4.78 is 41.2. The lowest BCUT2D eigenvalue weighted by atomic mass is 9.94. The van der Waals surface area contributed by atoms with E-state index in [2.05, 4.69) is 21.2 Å². The van der Waals surface area contributed by atoms with Crippen LogP contribution in [0.2, 0.25) is 5.02 Å². The van der Waals surface area contributed by atoms with E-state index in [0.29, 0.717) is 18.5 Å². The van der Waals surface area contributed by atoms with Gasteiger partial charge in [0.2, 0.25) is 10.0 Å². The summed E-state index contributed by atoms with van der Waals surface area (Å²) in [6.45, 7) is 2.27. The van der Waals surface area contributed by atoms with Crippen LogP contribution in [-0.2, 0) is 10.0 Å². The lowest BCUT2D eigenvalue weighted by Crippen LogP contribution is -2.45. The zero-order valence-corrected chi connectivity index (χ0v) is 19.3. The number of carbonyl (C=O) groups is 1. The van der Waals surface area contributed by atoms with Crippen LogP contribution in [0.4, 0.5) is 10.1 Å². The van der Waals surface area contributed by atoms with Gasteiger partial charge >= 0.3 is 0 Å². The van der Waals surface area contributed by atoms with E-state index in [-0.39, 0.29) is 39.0 Å². The molecule has 2 aromatic rings. The minimum atomic E-state index is -3.95. The molecule has 1 aliphatic heterocycles. The molecule has 1 aliphatic rings. The molecular formula is C20H21BrClFN2O4S. The Labute approximate surface area is 188 Å². The number of rotatable bonds is 5. The summed E-state index contributed by atoms with van der Waals surface area (Å²) >= 11 is 9.22. The molecule has 1 saturated heterocycles. The third kappa shape index (κ3) is 4.86. The predicted molar refractivity (Wildman–Crippen MR) is 117 cm³/mol. The number of amides is 1. The van der Waals surface area contributed by atoms with Crippen molar-refractivity contribution >= 4 is 49.1 Å². The number of piperidine rings is 1. The van der Waals surface area contributed by atoms with Gasteiger partial charge in [-0.2, -0.15) is 4.31 Å². The van der Waals surface area contributed by atoms with Crippen LogP contribution in [0, 0.1) is 11.7 Å². The van der Waals surface area contributed by atoms with E-state index in [1.807, 2.05) is 6.92 Å². The van der Waals surface area contributed by atoms with Crippen molar-refractivity contribution in [1.82, 2.24) is 4.31 Å². The third-order valence-electron chi connectivity index (χ3n) is 5.17. The standard InChI is InChI=1S/C20H21BrClFN2O4S/c1-2-12-11-25(8-7-18(12)26)30(28,29)19-9-13(3-5-16(19)22)20(27)24-14-4-6-17(23)15(21)10-14/h3-6,9-10,12,18,26H,2,7-8,11H2,1H3,(H,24,27). The first-order valence-electron chi connectivity index (χ1n) is 9.37. The van der Waals surface area contributed by atoms with Gasteiger partial charge in [0.15, 0.2) is 0 Å².